The van der Waals surface area contributed by atoms with Crippen molar-refractivity contribution in [3.63, 3.8) is 0 Å². The van der Waals surface area contributed by atoms with Gasteiger partial charge in [-0.15, -0.1) is 10.2 Å². The number of carbonyl (C=O) groups excluding carboxylic acids is 1. The van der Waals surface area contributed by atoms with E-state index in [9.17, 15) is 4.79 Å². The first-order chi connectivity index (χ1) is 15.7. The second-order valence-corrected chi connectivity index (χ2v) is 6.86. The van der Waals surface area contributed by atoms with Crippen molar-refractivity contribution in [1.82, 2.24) is 41.0 Å². The molecule has 4 rings (SSSR count). The van der Waals surface area contributed by atoms with Gasteiger partial charge in [0.05, 0.1) is 43.0 Å². The zero-order valence-corrected chi connectivity index (χ0v) is 17.0. The smallest absolute Gasteiger partial charge is 0.274 e. The number of aromatic nitrogens is 6. The van der Waals surface area contributed by atoms with Crippen molar-refractivity contribution in [3.05, 3.63) is 47.8 Å². The molecule has 1 amide bonds. The molecule has 4 heterocycles. The zero-order valence-electron chi connectivity index (χ0n) is 17.0. The number of hydrogen-bond acceptors (Lipinski definition) is 11. The lowest BCUT2D eigenvalue weighted by atomic mass is 10.2. The van der Waals surface area contributed by atoms with Gasteiger partial charge in [-0.05, 0) is 6.07 Å². The Morgan fingerprint density at radius 1 is 1.28 bits per heavy atom. The highest BCUT2D eigenvalue weighted by Crippen LogP contribution is 2.19. The van der Waals surface area contributed by atoms with Gasteiger partial charge in [0.15, 0.2) is 17.2 Å². The van der Waals surface area contributed by atoms with Crippen molar-refractivity contribution >= 4 is 23.2 Å². The molecule has 0 spiro atoms. The Bertz CT molecular complexity index is 1070. The van der Waals surface area contributed by atoms with Crippen LogP contribution in [-0.2, 0) is 11.3 Å². The van der Waals surface area contributed by atoms with Gasteiger partial charge in [0, 0.05) is 31.9 Å². The molecule has 0 radical (unpaired) electrons. The predicted molar refractivity (Wildman–Crippen MR) is 113 cm³/mol. The predicted octanol–water partition coefficient (Wildman–Crippen LogP) is -0.0647. The second kappa shape index (κ2) is 10.2. The first-order valence-electron chi connectivity index (χ1n) is 9.91. The van der Waals surface area contributed by atoms with Crippen LogP contribution in [0.4, 0.5) is 17.3 Å². The van der Waals surface area contributed by atoms with Crippen molar-refractivity contribution in [1.29, 1.82) is 5.26 Å². The molecule has 164 valence electrons. The molecular formula is C19H21N11O2. The number of amides is 1. The van der Waals surface area contributed by atoms with Crippen LogP contribution in [0.3, 0.4) is 0 Å². The number of nitrogens with one attached hydrogen (secondary N) is 5. The fraction of sp³-hybridized carbons (Fsp3) is 0.316. The Labute approximate surface area is 183 Å². The molecule has 0 saturated carbocycles. The number of H-pyrrole nitrogens is 1. The minimum atomic E-state index is -0.387. The summed E-state index contributed by atoms with van der Waals surface area (Å²) in [6.45, 7) is 2.90. The summed E-state index contributed by atoms with van der Waals surface area (Å²) >= 11 is 0. The molecule has 5 N–H and O–H groups in total. The number of nitriles is 1. The van der Waals surface area contributed by atoms with E-state index in [0.717, 1.165) is 12.2 Å². The lowest BCUT2D eigenvalue weighted by Gasteiger charge is -2.24. The normalized spacial score (nSPS) is 15.5. The number of hydrogen-bond donors (Lipinski definition) is 5. The molecule has 1 saturated heterocycles. The standard InChI is InChI=1S/C19H21N11O2/c20-6-13-8-24-17(11-22-13)27-16-5-15(23-10-14-9-21-3-4-32-14)18(30-29-16)19(31)25-7-12-1-2-26-28-12/h1-2,5,8,11,14,21H,3-4,7,9-10H2,(H,25,31)(H,26,28)(H2,23,24,27,29). The van der Waals surface area contributed by atoms with E-state index in [1.165, 1.54) is 12.4 Å². The monoisotopic (exact) mass is 435 g/mol. The number of morpholine rings is 1. The summed E-state index contributed by atoms with van der Waals surface area (Å²) in [5, 5.41) is 35.9. The summed E-state index contributed by atoms with van der Waals surface area (Å²) in [6, 6.07) is 5.34. The van der Waals surface area contributed by atoms with Gasteiger partial charge in [-0.2, -0.15) is 10.4 Å². The third-order valence-corrected chi connectivity index (χ3v) is 4.55. The van der Waals surface area contributed by atoms with E-state index in [4.69, 9.17) is 10.00 Å². The van der Waals surface area contributed by atoms with Gasteiger partial charge in [-0.1, -0.05) is 0 Å². The van der Waals surface area contributed by atoms with Crippen LogP contribution in [0.2, 0.25) is 0 Å². The van der Waals surface area contributed by atoms with Crippen LogP contribution in [0.15, 0.2) is 30.7 Å². The summed E-state index contributed by atoms with van der Waals surface area (Å²) < 4.78 is 5.71. The Hall–Kier alpha value is -4.15. The van der Waals surface area contributed by atoms with E-state index >= 15 is 0 Å². The lowest BCUT2D eigenvalue weighted by molar-refractivity contribution is 0.0372. The fourth-order valence-corrected chi connectivity index (χ4v) is 2.95. The summed E-state index contributed by atoms with van der Waals surface area (Å²) in [7, 11) is 0. The molecular weight excluding hydrogens is 414 g/mol. The van der Waals surface area contributed by atoms with E-state index in [2.05, 4.69) is 51.6 Å². The molecule has 1 aliphatic heterocycles. The highest BCUT2D eigenvalue weighted by atomic mass is 16.5. The Morgan fingerprint density at radius 2 is 2.22 bits per heavy atom. The molecule has 32 heavy (non-hydrogen) atoms. The van der Waals surface area contributed by atoms with E-state index in [-0.39, 0.29) is 29.9 Å². The van der Waals surface area contributed by atoms with Gasteiger partial charge in [0.1, 0.15) is 11.9 Å². The van der Waals surface area contributed by atoms with E-state index in [1.54, 1.807) is 18.3 Å². The Morgan fingerprint density at radius 3 is 2.94 bits per heavy atom. The molecule has 3 aromatic rings. The van der Waals surface area contributed by atoms with Crippen LogP contribution >= 0.6 is 0 Å². The number of rotatable bonds is 8. The lowest BCUT2D eigenvalue weighted by Crippen LogP contribution is -2.42. The average Bonchev–Trinajstić information content (AvgIpc) is 3.36. The van der Waals surface area contributed by atoms with Gasteiger partial charge in [-0.25, -0.2) is 9.97 Å². The first kappa shape index (κ1) is 21.1. The van der Waals surface area contributed by atoms with Gasteiger partial charge in [0.2, 0.25) is 0 Å². The fourth-order valence-electron chi connectivity index (χ4n) is 2.95. The van der Waals surface area contributed by atoms with Crippen LogP contribution in [0.25, 0.3) is 0 Å². The molecule has 1 aliphatic rings. The van der Waals surface area contributed by atoms with Crippen LogP contribution in [-0.4, -0.2) is 68.6 Å². The SMILES string of the molecule is N#Cc1cnc(Nc2cc(NCC3CNCCO3)c(C(=O)NCc3ccn[nH]3)nn2)cn1. The van der Waals surface area contributed by atoms with E-state index < -0.39 is 0 Å². The van der Waals surface area contributed by atoms with Crippen LogP contribution in [0, 0.1) is 11.3 Å². The van der Waals surface area contributed by atoms with Crippen LogP contribution in [0.1, 0.15) is 21.9 Å². The number of nitrogens with zero attached hydrogens (tertiary/aromatic N) is 6. The van der Waals surface area contributed by atoms with Crippen LogP contribution in [0.5, 0.6) is 0 Å². The summed E-state index contributed by atoms with van der Waals surface area (Å²) in [4.78, 5) is 20.8. The van der Waals surface area contributed by atoms with Crippen LogP contribution < -0.4 is 21.3 Å². The van der Waals surface area contributed by atoms with Crippen molar-refractivity contribution in [2.45, 2.75) is 12.6 Å². The van der Waals surface area contributed by atoms with Crippen molar-refractivity contribution in [3.8, 4) is 6.07 Å². The van der Waals surface area contributed by atoms with Crippen molar-refractivity contribution < 1.29 is 9.53 Å². The molecule has 0 aliphatic carbocycles. The third kappa shape index (κ3) is 5.50. The number of ether oxygens (including phenoxy) is 1. The average molecular weight is 435 g/mol. The third-order valence-electron chi connectivity index (χ3n) is 4.55. The van der Waals surface area contributed by atoms with E-state index in [0.29, 0.717) is 37.0 Å². The Kier molecular flexibility index (Phi) is 6.75. The quantitative estimate of drug-likeness (QED) is 0.320. The molecule has 13 nitrogen and oxygen atoms in total. The molecule has 0 bridgehead atoms. The maximum Gasteiger partial charge on any atom is 0.274 e. The van der Waals surface area contributed by atoms with Gasteiger partial charge in [0.25, 0.3) is 5.91 Å². The summed E-state index contributed by atoms with van der Waals surface area (Å²) in [6.07, 6.45) is 4.33. The minimum Gasteiger partial charge on any atom is -0.380 e. The summed E-state index contributed by atoms with van der Waals surface area (Å²) in [5.74, 6) is 0.363. The number of carbonyl (C=O) groups is 1. The van der Waals surface area contributed by atoms with Gasteiger partial charge >= 0.3 is 0 Å². The topological polar surface area (TPSA) is 178 Å². The molecule has 0 aromatic carbocycles. The highest BCUT2D eigenvalue weighted by molar-refractivity contribution is 5.97. The molecule has 1 unspecified atom stereocenters. The molecule has 3 aromatic heterocycles. The number of aromatic amines is 1. The molecule has 13 heteroatoms. The van der Waals surface area contributed by atoms with Crippen molar-refractivity contribution in [2.24, 2.45) is 0 Å². The maximum atomic E-state index is 12.7. The van der Waals surface area contributed by atoms with Crippen molar-refractivity contribution in [2.75, 3.05) is 36.9 Å². The summed E-state index contributed by atoms with van der Waals surface area (Å²) in [5.41, 5.74) is 1.60. The highest BCUT2D eigenvalue weighted by Gasteiger charge is 2.19. The maximum absolute atomic E-state index is 12.7. The minimum absolute atomic E-state index is 0.0429. The van der Waals surface area contributed by atoms with Gasteiger partial charge in [-0.3, -0.25) is 9.89 Å². The molecule has 1 fully saturated rings. The number of anilines is 3. The first-order valence-corrected chi connectivity index (χ1v) is 9.91. The van der Waals surface area contributed by atoms with E-state index in [1.807, 2.05) is 6.07 Å². The second-order valence-electron chi connectivity index (χ2n) is 6.86. The van der Waals surface area contributed by atoms with Gasteiger partial charge < -0.3 is 26.0 Å². The zero-order chi connectivity index (χ0) is 22.2. The Balaban J connectivity index is 1.50. The largest absolute Gasteiger partial charge is 0.380 e. The molecule has 1 atom stereocenters.